The molecule has 11 nitrogen and oxygen atoms in total. The quantitative estimate of drug-likeness (QED) is 0.0236. The van der Waals surface area contributed by atoms with Gasteiger partial charge < -0.3 is 34.2 Å². The summed E-state index contributed by atoms with van der Waals surface area (Å²) in [7, 11) is -0.661. The van der Waals surface area contributed by atoms with E-state index in [1.54, 1.807) is 11.8 Å². The molecule has 42 heavy (non-hydrogen) atoms. The van der Waals surface area contributed by atoms with Gasteiger partial charge in [0.2, 0.25) is 24.1 Å². The molecule has 0 aromatic rings. The Kier molecular flexibility index (Phi) is 23.0. The molecule has 1 rings (SSSR count). The second-order valence-corrected chi connectivity index (χ2v) is 14.9. The molecule has 1 unspecified atom stereocenters. The molecule has 0 bridgehead atoms. The zero-order valence-electron chi connectivity index (χ0n) is 24.6. The number of hydrogen-bond donors (Lipinski definition) is 8. The number of unbranched alkanes of at least 4 members (excludes halogenated alkanes) is 3. The molecule has 1 heterocycles. The molecule has 0 aliphatic carbocycles. The van der Waals surface area contributed by atoms with Crippen LogP contribution in [0.25, 0.3) is 0 Å². The summed E-state index contributed by atoms with van der Waals surface area (Å²) < 4.78 is 0. The first-order chi connectivity index (χ1) is 20.2. The van der Waals surface area contributed by atoms with Gasteiger partial charge in [0.1, 0.15) is 0 Å². The first-order valence-corrected chi connectivity index (χ1v) is 19.3. The van der Waals surface area contributed by atoms with Crippen molar-refractivity contribution in [2.24, 2.45) is 0 Å². The van der Waals surface area contributed by atoms with Gasteiger partial charge in [0.05, 0.1) is 18.1 Å². The summed E-state index contributed by atoms with van der Waals surface area (Å²) in [5.74, 6) is 1.02. The summed E-state index contributed by atoms with van der Waals surface area (Å²) in [6.07, 6.45) is 9.10. The zero-order valence-corrected chi connectivity index (χ0v) is 28.8. The van der Waals surface area contributed by atoms with E-state index in [1.165, 1.54) is 0 Å². The van der Waals surface area contributed by atoms with E-state index in [-0.39, 0.29) is 35.8 Å². The molecule has 4 amide bonds. The third-order valence-corrected chi connectivity index (χ3v) is 8.69. The van der Waals surface area contributed by atoms with E-state index in [2.05, 4.69) is 57.2 Å². The van der Waals surface area contributed by atoms with Crippen molar-refractivity contribution < 1.29 is 19.2 Å². The van der Waals surface area contributed by atoms with Crippen LogP contribution in [0.1, 0.15) is 71.1 Å². The van der Waals surface area contributed by atoms with E-state index in [0.717, 1.165) is 64.3 Å². The van der Waals surface area contributed by atoms with Crippen molar-refractivity contribution in [1.29, 1.82) is 0 Å². The molecule has 1 fully saturated rings. The van der Waals surface area contributed by atoms with Crippen LogP contribution in [0, 0.1) is 0 Å². The molecule has 0 saturated carbocycles. The topological polar surface area (TPSA) is 144 Å². The van der Waals surface area contributed by atoms with Crippen molar-refractivity contribution in [3.05, 3.63) is 0 Å². The van der Waals surface area contributed by atoms with Crippen LogP contribution in [0.2, 0.25) is 0 Å². The lowest BCUT2D eigenvalue weighted by molar-refractivity contribution is -0.125. The van der Waals surface area contributed by atoms with Crippen LogP contribution in [0.4, 0.5) is 0 Å². The van der Waals surface area contributed by atoms with Crippen molar-refractivity contribution in [3.8, 4) is 0 Å². The maximum Gasteiger partial charge on any atom is 0.237 e. The number of amides is 4. The normalized spacial score (nSPS) is 17.3. The number of nitrogens with zero attached hydrogens (tertiary/aromatic N) is 1. The number of hydrogen-bond acceptors (Lipinski definition) is 12. The molecule has 0 spiro atoms. The molecule has 1 aliphatic rings. The van der Waals surface area contributed by atoms with E-state index in [4.69, 9.17) is 22.4 Å². The number of carbonyl (C=O) groups is 4. The van der Waals surface area contributed by atoms with Gasteiger partial charge >= 0.3 is 0 Å². The van der Waals surface area contributed by atoms with Crippen LogP contribution < -0.4 is 31.9 Å². The van der Waals surface area contributed by atoms with Gasteiger partial charge in [-0.25, -0.2) is 0 Å². The number of carbonyl (C=O) groups excluding carboxylic acids is 4. The van der Waals surface area contributed by atoms with Crippen LogP contribution in [0.5, 0.6) is 0 Å². The number of piperidine rings is 1. The molecule has 4 atom stereocenters. The molecule has 16 heteroatoms. The number of thiol groups is 2. The maximum absolute atomic E-state index is 12.9. The molecule has 1 aliphatic heterocycles. The van der Waals surface area contributed by atoms with Crippen molar-refractivity contribution >= 4 is 79.8 Å². The Morgan fingerprint density at radius 2 is 1.45 bits per heavy atom. The molecule has 1 saturated heterocycles. The third kappa shape index (κ3) is 17.5. The SMILES string of the molecule is C[C@@H](NCS)C(=O)NCCCC[C@@H](NCS)C(=O)NCCCCC[C@H](NC[S-](=S)=S)C(=O)NCC1CCCCN1C=O. The Labute approximate surface area is 273 Å². The average molecular weight is 685 g/mol. The lowest BCUT2D eigenvalue weighted by Gasteiger charge is -2.33. The smallest absolute Gasteiger partial charge is 0.237 e. The van der Waals surface area contributed by atoms with Crippen molar-refractivity contribution in [1.82, 2.24) is 36.8 Å². The van der Waals surface area contributed by atoms with E-state index in [1.807, 2.05) is 0 Å². The Hall–Kier alpha value is -0.750. The lowest BCUT2D eigenvalue weighted by atomic mass is 10.0. The summed E-state index contributed by atoms with van der Waals surface area (Å²) in [5.41, 5.74) is 0. The van der Waals surface area contributed by atoms with Gasteiger partial charge in [-0.1, -0.05) is 18.7 Å². The minimum absolute atomic E-state index is 0.0353. The molecule has 0 radical (unpaired) electrons. The zero-order chi connectivity index (χ0) is 31.2. The molecule has 6 N–H and O–H groups in total. The second kappa shape index (κ2) is 24.6. The highest BCUT2D eigenvalue weighted by Crippen LogP contribution is 2.14. The Morgan fingerprint density at radius 1 is 0.857 bits per heavy atom. The van der Waals surface area contributed by atoms with Gasteiger partial charge in [-0.15, -0.1) is 0 Å². The van der Waals surface area contributed by atoms with Crippen LogP contribution in [-0.2, 0) is 49.6 Å². The predicted molar refractivity (Wildman–Crippen MR) is 183 cm³/mol. The first kappa shape index (κ1) is 39.3. The fraction of sp³-hybridized carbons (Fsp3) is 0.846. The van der Waals surface area contributed by atoms with Gasteiger partial charge in [-0.05, 0) is 58.3 Å². The van der Waals surface area contributed by atoms with Crippen LogP contribution in [-0.4, -0.2) is 97.0 Å². The largest absolute Gasteiger partial charge is 0.355 e. The summed E-state index contributed by atoms with van der Waals surface area (Å²) >= 11 is 18.5. The minimum atomic E-state index is -0.661. The van der Waals surface area contributed by atoms with Gasteiger partial charge in [0, 0.05) is 44.0 Å². The molecular weight excluding hydrogens is 635 g/mol. The van der Waals surface area contributed by atoms with Gasteiger partial charge in [0.15, 0.2) is 0 Å². The monoisotopic (exact) mass is 684 g/mol. The van der Waals surface area contributed by atoms with Gasteiger partial charge in [0.25, 0.3) is 0 Å². The first-order valence-electron chi connectivity index (χ1n) is 14.7. The standard InChI is InChI=1S/C26H50N7O4S5/c1-20(30-16-38)24(35)27-13-7-4-11-22(31-17-39)25(36)28-12-6-2-3-10-23(32-18-42(40)41)26(37)29-15-21-9-5-8-14-33(21)19-34/h19-23,30-32,38-39H,2-18H2,1H3,(H,27,35)(H,28,36)(H,29,37)/q-1/t20-,21?,22-,23+/m1/s1. The van der Waals surface area contributed by atoms with Crippen LogP contribution >= 0.6 is 25.3 Å². The molecular formula is C26H50N7O4S5-. The highest BCUT2D eigenvalue weighted by molar-refractivity contribution is 8.46. The highest BCUT2D eigenvalue weighted by atomic mass is 33.1. The average Bonchev–Trinajstić information content (AvgIpc) is 2.98. The second-order valence-electron chi connectivity index (χ2n) is 10.4. The van der Waals surface area contributed by atoms with Gasteiger partial charge in [-0.2, -0.15) is 25.3 Å². The van der Waals surface area contributed by atoms with E-state index in [9.17, 15) is 19.2 Å². The van der Waals surface area contributed by atoms with E-state index in [0.29, 0.717) is 50.1 Å². The Balaban J connectivity index is 2.35. The number of rotatable bonds is 24. The van der Waals surface area contributed by atoms with Gasteiger partial charge in [-0.3, -0.25) is 52.2 Å². The lowest BCUT2D eigenvalue weighted by Crippen LogP contribution is -2.50. The number of likely N-dealkylation sites (tertiary alicyclic amines) is 1. The summed E-state index contributed by atoms with van der Waals surface area (Å²) in [5, 5.41) is 18.2. The fourth-order valence-electron chi connectivity index (χ4n) is 4.71. The number of nitrogens with one attached hydrogen (secondary N) is 6. The summed E-state index contributed by atoms with van der Waals surface area (Å²) in [6, 6.07) is -0.997. The summed E-state index contributed by atoms with van der Waals surface area (Å²) in [4.78, 5) is 50.6. The third-order valence-electron chi connectivity index (χ3n) is 7.22. The van der Waals surface area contributed by atoms with E-state index < -0.39 is 14.1 Å². The fourth-order valence-corrected chi connectivity index (χ4v) is 5.95. The molecule has 244 valence electrons. The maximum atomic E-state index is 12.9. The highest BCUT2D eigenvalue weighted by Gasteiger charge is 2.23. The molecule has 0 aromatic carbocycles. The van der Waals surface area contributed by atoms with Crippen molar-refractivity contribution in [2.45, 2.75) is 95.3 Å². The van der Waals surface area contributed by atoms with Crippen LogP contribution in [0.3, 0.4) is 0 Å². The minimum Gasteiger partial charge on any atom is -0.355 e. The predicted octanol–water partition coefficient (Wildman–Crippen LogP) is 0.245. The Bertz CT molecular complexity index is 876. The molecule has 0 aromatic heterocycles. The van der Waals surface area contributed by atoms with E-state index >= 15 is 0 Å². The van der Waals surface area contributed by atoms with Crippen molar-refractivity contribution in [2.75, 3.05) is 43.8 Å². The Morgan fingerprint density at radius 3 is 2.10 bits per heavy atom. The summed E-state index contributed by atoms with van der Waals surface area (Å²) in [6.45, 7) is 4.07. The van der Waals surface area contributed by atoms with Crippen LogP contribution in [0.15, 0.2) is 0 Å². The van der Waals surface area contributed by atoms with Crippen molar-refractivity contribution in [3.63, 3.8) is 0 Å².